The first-order valence-electron chi connectivity index (χ1n) is 4.92. The van der Waals surface area contributed by atoms with Gasteiger partial charge >= 0.3 is 0 Å². The largest absolute Gasteiger partial charge is 0.356 e. The summed E-state index contributed by atoms with van der Waals surface area (Å²) in [6.45, 7) is 0. The molecule has 15 heavy (non-hydrogen) atoms. The molecule has 0 aliphatic heterocycles. The van der Waals surface area contributed by atoms with Crippen LogP contribution in [-0.2, 0) is 11.2 Å². The minimum atomic E-state index is -0.0483. The molecule has 0 fully saturated rings. The highest BCUT2D eigenvalue weighted by Gasteiger charge is 2.16. The molecule has 0 spiro atoms. The molecule has 0 saturated heterocycles. The number of carbonyl (C=O) groups excluding carboxylic acids is 1. The molecule has 2 rings (SSSR count). The van der Waals surface area contributed by atoms with Crippen LogP contribution in [0.5, 0.6) is 0 Å². The Balaban J connectivity index is 2.37. The molecule has 0 heterocycles. The molecule has 0 aromatic heterocycles. The summed E-state index contributed by atoms with van der Waals surface area (Å²) in [7, 11) is 1.64. The van der Waals surface area contributed by atoms with E-state index in [2.05, 4.69) is 5.32 Å². The monoisotopic (exact) mass is 221 g/mol. The summed E-state index contributed by atoms with van der Waals surface area (Å²) in [5.74, 6) is -0.0483. The summed E-state index contributed by atoms with van der Waals surface area (Å²) >= 11 is 5.91. The molecule has 0 atom stereocenters. The third-order valence-corrected chi connectivity index (χ3v) is 2.86. The fourth-order valence-electron chi connectivity index (χ4n) is 1.87. The van der Waals surface area contributed by atoms with Crippen molar-refractivity contribution < 1.29 is 4.79 Å². The molecule has 1 aromatic rings. The van der Waals surface area contributed by atoms with Gasteiger partial charge in [0, 0.05) is 18.1 Å². The van der Waals surface area contributed by atoms with Crippen molar-refractivity contribution >= 4 is 23.1 Å². The molecule has 0 unspecified atom stereocenters. The predicted molar refractivity (Wildman–Crippen MR) is 61.8 cm³/mol. The van der Waals surface area contributed by atoms with Crippen molar-refractivity contribution in [3.63, 3.8) is 0 Å². The molecule has 3 heteroatoms. The van der Waals surface area contributed by atoms with Gasteiger partial charge in [0.1, 0.15) is 0 Å². The summed E-state index contributed by atoms with van der Waals surface area (Å²) in [6.07, 6.45) is 3.56. The average Bonchev–Trinajstić information content (AvgIpc) is 2.60. The van der Waals surface area contributed by atoms with E-state index in [9.17, 15) is 4.79 Å². The second-order valence-corrected chi connectivity index (χ2v) is 4.02. The zero-order chi connectivity index (χ0) is 10.8. The minimum Gasteiger partial charge on any atom is -0.356 e. The van der Waals surface area contributed by atoms with Gasteiger partial charge in [0.15, 0.2) is 0 Å². The van der Waals surface area contributed by atoms with E-state index in [0.717, 1.165) is 29.0 Å². The van der Waals surface area contributed by atoms with Crippen LogP contribution in [0.4, 0.5) is 0 Å². The molecule has 0 bridgehead atoms. The van der Waals surface area contributed by atoms with Crippen LogP contribution < -0.4 is 5.32 Å². The normalized spacial score (nSPS) is 16.5. The Hall–Kier alpha value is -1.28. The Labute approximate surface area is 93.9 Å². The van der Waals surface area contributed by atoms with Crippen molar-refractivity contribution in [2.24, 2.45) is 0 Å². The second kappa shape index (κ2) is 4.07. The molecule has 0 saturated carbocycles. The minimum absolute atomic E-state index is 0.0483. The third kappa shape index (κ3) is 2.05. The number of fused-ring (bicyclic) bond motifs is 1. The first kappa shape index (κ1) is 10.2. The smallest absolute Gasteiger partial charge is 0.244 e. The van der Waals surface area contributed by atoms with Gasteiger partial charge in [-0.05, 0) is 41.7 Å². The lowest BCUT2D eigenvalue weighted by Gasteiger charge is -2.01. The topological polar surface area (TPSA) is 29.1 Å². The number of nitrogens with one attached hydrogen (secondary N) is 1. The van der Waals surface area contributed by atoms with Gasteiger partial charge < -0.3 is 5.32 Å². The van der Waals surface area contributed by atoms with E-state index in [1.165, 1.54) is 5.56 Å². The van der Waals surface area contributed by atoms with Crippen molar-refractivity contribution in [3.8, 4) is 0 Å². The second-order valence-electron chi connectivity index (χ2n) is 3.59. The molecule has 1 amide bonds. The van der Waals surface area contributed by atoms with Gasteiger partial charge in [0.05, 0.1) is 0 Å². The van der Waals surface area contributed by atoms with Gasteiger partial charge in [-0.3, -0.25) is 4.79 Å². The SMILES string of the molecule is CNC(=O)/C=C1\CCc2cc(Cl)ccc21. The average molecular weight is 222 g/mol. The van der Waals surface area contributed by atoms with Gasteiger partial charge in [0.25, 0.3) is 0 Å². The maximum absolute atomic E-state index is 11.2. The summed E-state index contributed by atoms with van der Waals surface area (Å²) in [5.41, 5.74) is 3.49. The zero-order valence-electron chi connectivity index (χ0n) is 8.51. The lowest BCUT2D eigenvalue weighted by Crippen LogP contribution is -2.14. The highest BCUT2D eigenvalue weighted by molar-refractivity contribution is 6.30. The Kier molecular flexibility index (Phi) is 2.78. The van der Waals surface area contributed by atoms with Crippen molar-refractivity contribution in [2.75, 3.05) is 7.05 Å². The quantitative estimate of drug-likeness (QED) is 0.725. The lowest BCUT2D eigenvalue weighted by atomic mass is 10.1. The van der Waals surface area contributed by atoms with E-state index in [0.29, 0.717) is 0 Å². The van der Waals surface area contributed by atoms with Crippen molar-refractivity contribution in [3.05, 3.63) is 40.4 Å². The summed E-state index contributed by atoms with van der Waals surface area (Å²) in [4.78, 5) is 11.2. The number of benzene rings is 1. The standard InChI is InChI=1S/C12H12ClNO/c1-14-12(15)7-9-3-2-8-6-10(13)4-5-11(8)9/h4-7H,2-3H2,1H3,(H,14,15)/b9-7+. The molecular formula is C12H12ClNO. The zero-order valence-corrected chi connectivity index (χ0v) is 9.27. The maximum Gasteiger partial charge on any atom is 0.244 e. The van der Waals surface area contributed by atoms with Crippen LogP contribution in [0.3, 0.4) is 0 Å². The van der Waals surface area contributed by atoms with E-state index in [1.807, 2.05) is 18.2 Å². The predicted octanol–water partition coefficient (Wildman–Crippen LogP) is 2.42. The Bertz CT molecular complexity index is 437. The van der Waals surface area contributed by atoms with Gasteiger partial charge in [-0.1, -0.05) is 17.7 Å². The van der Waals surface area contributed by atoms with E-state index in [4.69, 9.17) is 11.6 Å². The third-order valence-electron chi connectivity index (χ3n) is 2.63. The number of halogens is 1. The number of allylic oxidation sites excluding steroid dienone is 1. The fraction of sp³-hybridized carbons (Fsp3) is 0.250. The fourth-order valence-corrected chi connectivity index (χ4v) is 2.06. The number of amides is 1. The van der Waals surface area contributed by atoms with Crippen LogP contribution in [0.1, 0.15) is 17.5 Å². The molecule has 0 radical (unpaired) electrons. The van der Waals surface area contributed by atoms with E-state index in [-0.39, 0.29) is 5.91 Å². The van der Waals surface area contributed by atoms with Crippen molar-refractivity contribution in [2.45, 2.75) is 12.8 Å². The number of aryl methyl sites for hydroxylation is 1. The highest BCUT2D eigenvalue weighted by Crippen LogP contribution is 2.33. The van der Waals surface area contributed by atoms with Crippen molar-refractivity contribution in [1.82, 2.24) is 5.32 Å². The summed E-state index contributed by atoms with van der Waals surface area (Å²) in [5, 5.41) is 3.35. The van der Waals surface area contributed by atoms with Crippen LogP contribution in [-0.4, -0.2) is 13.0 Å². The first-order valence-corrected chi connectivity index (χ1v) is 5.29. The van der Waals surface area contributed by atoms with Gasteiger partial charge in [-0.2, -0.15) is 0 Å². The van der Waals surface area contributed by atoms with E-state index in [1.54, 1.807) is 13.1 Å². The molecule has 78 valence electrons. The van der Waals surface area contributed by atoms with Crippen LogP contribution in [0.2, 0.25) is 5.02 Å². The molecular weight excluding hydrogens is 210 g/mol. The van der Waals surface area contributed by atoms with Crippen molar-refractivity contribution in [1.29, 1.82) is 0 Å². The molecule has 2 nitrogen and oxygen atoms in total. The summed E-state index contributed by atoms with van der Waals surface area (Å²) < 4.78 is 0. The first-order chi connectivity index (χ1) is 7.20. The number of rotatable bonds is 1. The Morgan fingerprint density at radius 2 is 2.27 bits per heavy atom. The highest BCUT2D eigenvalue weighted by atomic mass is 35.5. The van der Waals surface area contributed by atoms with E-state index < -0.39 is 0 Å². The Morgan fingerprint density at radius 1 is 1.47 bits per heavy atom. The van der Waals surface area contributed by atoms with Crippen LogP contribution >= 0.6 is 11.6 Å². The summed E-state index contributed by atoms with van der Waals surface area (Å²) in [6, 6.07) is 5.82. The lowest BCUT2D eigenvalue weighted by molar-refractivity contribution is -0.116. The Morgan fingerprint density at radius 3 is 3.00 bits per heavy atom. The maximum atomic E-state index is 11.2. The van der Waals surface area contributed by atoms with Gasteiger partial charge in [-0.25, -0.2) is 0 Å². The van der Waals surface area contributed by atoms with Crippen LogP contribution in [0.15, 0.2) is 24.3 Å². The number of likely N-dealkylation sites (N-methyl/N-ethyl adjacent to an activating group) is 1. The van der Waals surface area contributed by atoms with Gasteiger partial charge in [-0.15, -0.1) is 0 Å². The van der Waals surface area contributed by atoms with Crippen LogP contribution in [0, 0.1) is 0 Å². The molecule has 1 aromatic carbocycles. The number of carbonyl (C=O) groups is 1. The number of hydrogen-bond donors (Lipinski definition) is 1. The molecule has 1 aliphatic carbocycles. The van der Waals surface area contributed by atoms with E-state index >= 15 is 0 Å². The molecule has 1 aliphatic rings. The molecule has 1 N–H and O–H groups in total. The van der Waals surface area contributed by atoms with Gasteiger partial charge in [0.2, 0.25) is 5.91 Å². The van der Waals surface area contributed by atoms with Crippen LogP contribution in [0.25, 0.3) is 5.57 Å². The number of hydrogen-bond acceptors (Lipinski definition) is 1.